The largest absolute Gasteiger partial charge is 0.741 e. The van der Waals surface area contributed by atoms with Crippen molar-refractivity contribution in [3.05, 3.63) is 0 Å². The maximum Gasteiger partial charge on any atom is 0.485 e. The van der Waals surface area contributed by atoms with Crippen molar-refractivity contribution in [2.24, 2.45) is 0 Å². The summed E-state index contributed by atoms with van der Waals surface area (Å²) in [6.45, 7) is 13.6. The molecule has 0 aromatic carbocycles. The minimum absolute atomic E-state index is 0.863. The molecule has 0 atom stereocenters. The molecule has 0 saturated carbocycles. The van der Waals surface area contributed by atoms with Gasteiger partial charge in [-0.3, -0.25) is 0 Å². The third kappa shape index (κ3) is 14.2. The van der Waals surface area contributed by atoms with Crippen molar-refractivity contribution in [2.75, 3.05) is 40.0 Å². The molecule has 0 saturated heterocycles. The van der Waals surface area contributed by atoms with Crippen LogP contribution in [0.15, 0.2) is 0 Å². The van der Waals surface area contributed by atoms with Crippen LogP contribution in [0.2, 0.25) is 0 Å². The zero-order chi connectivity index (χ0) is 14.7. The van der Waals surface area contributed by atoms with E-state index in [4.69, 9.17) is 17.1 Å². The molecule has 106 valence electrons. The maximum absolute atomic E-state index is 10.7. The lowest BCUT2D eigenvalue weighted by Gasteiger charge is -2.08. The summed E-state index contributed by atoms with van der Waals surface area (Å²) in [5.41, 5.74) is -5.65. The Morgan fingerprint density at radius 3 is 1.12 bits per heavy atom. The molecule has 0 rings (SSSR count). The predicted molar refractivity (Wildman–Crippen MR) is 67.3 cm³/mol. The minimum Gasteiger partial charge on any atom is -0.741 e. The van der Waals surface area contributed by atoms with Gasteiger partial charge in [-0.25, -0.2) is 8.42 Å². The first-order chi connectivity index (χ1) is 6.96. The second-order valence-electron chi connectivity index (χ2n) is 4.87. The van der Waals surface area contributed by atoms with Gasteiger partial charge in [0.05, 0.1) is 0 Å². The van der Waals surface area contributed by atoms with Crippen LogP contribution in [0.5, 0.6) is 0 Å². The summed E-state index contributed by atoms with van der Waals surface area (Å²) in [5, 5.41) is 0. The number of rotatable bonds is 0. The molecule has 0 aliphatic rings. The van der Waals surface area contributed by atoms with Gasteiger partial charge in [0.2, 0.25) is 14.1 Å². The van der Waals surface area contributed by atoms with E-state index in [1.165, 1.54) is 0 Å². The molecule has 10 heteroatoms. The van der Waals surface area contributed by atoms with Crippen molar-refractivity contribution in [2.45, 2.75) is 5.51 Å². The molecule has 0 aliphatic heterocycles. The molecule has 0 amide bonds. The van der Waals surface area contributed by atoms with Crippen molar-refractivity contribution in [1.82, 2.24) is 4.17 Å². The molecule has 0 unspecified atom stereocenters. The van der Waals surface area contributed by atoms with Gasteiger partial charge in [-0.05, 0) is 0 Å². The summed E-state index contributed by atoms with van der Waals surface area (Å²) in [6, 6.07) is 0. The Labute approximate surface area is 100 Å². The standard InChI is InChI=1S/C6H18NP2.CHF3O3S/c1-8(2,3)7-9(4,5)6;2-1(3,4)8(5,6)7/h1-6H3;(H,5,6,7)/q+1;/p-1. The van der Waals surface area contributed by atoms with Crippen molar-refractivity contribution in [3.8, 4) is 0 Å². The first kappa shape index (κ1) is 19.6. The molecule has 0 N–H and O–H groups in total. The van der Waals surface area contributed by atoms with Gasteiger partial charge < -0.3 is 4.55 Å². The normalized spacial score (nSPS) is 13.5. The number of alkyl halides is 3. The molecule has 4 nitrogen and oxygen atoms in total. The molecule has 0 heterocycles. The Morgan fingerprint density at radius 2 is 1.12 bits per heavy atom. The van der Waals surface area contributed by atoms with Crippen LogP contribution in [0, 0.1) is 0 Å². The van der Waals surface area contributed by atoms with Gasteiger partial charge in [-0.1, -0.05) is 0 Å². The van der Waals surface area contributed by atoms with Crippen LogP contribution in [-0.2, 0) is 10.1 Å². The Kier molecular flexibility index (Phi) is 6.85. The molecule has 0 aliphatic carbocycles. The minimum atomic E-state index is -6.09. The molecule has 0 aromatic rings. The van der Waals surface area contributed by atoms with Crippen molar-refractivity contribution in [3.63, 3.8) is 0 Å². The Morgan fingerprint density at radius 1 is 0.941 bits per heavy atom. The van der Waals surface area contributed by atoms with Crippen LogP contribution >= 0.6 is 14.1 Å². The van der Waals surface area contributed by atoms with Gasteiger partial charge in [0, 0.05) is 40.0 Å². The van der Waals surface area contributed by atoms with Gasteiger partial charge in [-0.15, -0.1) is 0 Å². The van der Waals surface area contributed by atoms with E-state index in [2.05, 4.69) is 40.0 Å². The molecule has 0 fully saturated rings. The lowest BCUT2D eigenvalue weighted by atomic mass is 11.6. The van der Waals surface area contributed by atoms with E-state index in [9.17, 15) is 13.2 Å². The first-order valence-corrected chi connectivity index (χ1v) is 11.9. The van der Waals surface area contributed by atoms with Crippen LogP contribution in [-0.4, -0.2) is 58.5 Å². The molecule has 0 radical (unpaired) electrons. The second kappa shape index (κ2) is 5.94. The predicted octanol–water partition coefficient (Wildman–Crippen LogP) is 2.29. The Hall–Kier alpha value is 0.270. The molecule has 0 spiro atoms. The summed E-state index contributed by atoms with van der Waals surface area (Å²) in [7, 11) is -7.82. The summed E-state index contributed by atoms with van der Waals surface area (Å²) in [4.78, 5) is 0. The average Bonchev–Trinajstić information content (AvgIpc) is 1.71. The van der Waals surface area contributed by atoms with Crippen LogP contribution < -0.4 is 4.17 Å². The number of hydrogen-bond acceptors (Lipinski definition) is 3. The Bertz CT molecular complexity index is 429. The molecular formula is C7H18F3NO3P2S. The lowest BCUT2D eigenvalue weighted by Crippen LogP contribution is -2.21. The van der Waals surface area contributed by atoms with E-state index in [1.54, 1.807) is 0 Å². The van der Waals surface area contributed by atoms with Crippen LogP contribution in [0.1, 0.15) is 0 Å². The van der Waals surface area contributed by atoms with Gasteiger partial charge in [-0.2, -0.15) is 17.3 Å². The van der Waals surface area contributed by atoms with E-state index in [-0.39, 0.29) is 0 Å². The number of halogens is 3. The third-order valence-electron chi connectivity index (χ3n) is 0.820. The van der Waals surface area contributed by atoms with Crippen LogP contribution in [0.4, 0.5) is 13.2 Å². The van der Waals surface area contributed by atoms with Gasteiger partial charge >= 0.3 is 5.51 Å². The molecule has 0 bridgehead atoms. The summed E-state index contributed by atoms with van der Waals surface area (Å²) in [5.74, 6) is 0. The summed E-state index contributed by atoms with van der Waals surface area (Å²) in [6.07, 6.45) is 0. The van der Waals surface area contributed by atoms with Crippen molar-refractivity contribution >= 4 is 24.2 Å². The fraction of sp³-hybridized carbons (Fsp3) is 1.00. The highest BCUT2D eigenvalue weighted by atomic mass is 32.2. The van der Waals surface area contributed by atoms with Crippen molar-refractivity contribution in [1.29, 1.82) is 0 Å². The fourth-order valence-corrected chi connectivity index (χ4v) is 7.24. The van der Waals surface area contributed by atoms with E-state index < -0.39 is 29.7 Å². The Balaban J connectivity index is 0. The third-order valence-corrected chi connectivity index (χ3v) is 5.68. The van der Waals surface area contributed by atoms with E-state index in [0.29, 0.717) is 0 Å². The topological polar surface area (TPSA) is 71.3 Å². The van der Waals surface area contributed by atoms with Crippen molar-refractivity contribution < 1.29 is 26.1 Å². The first-order valence-electron chi connectivity index (χ1n) is 4.35. The quantitative estimate of drug-likeness (QED) is 0.298. The monoisotopic (exact) mass is 315 g/mol. The highest BCUT2D eigenvalue weighted by Crippen LogP contribution is 2.38. The number of nitrogens with zero attached hydrogens (tertiary/aromatic N) is 1. The fourth-order valence-electron chi connectivity index (χ4n) is 0.805. The number of hydrogen-bond donors (Lipinski definition) is 0. The summed E-state index contributed by atoms with van der Waals surface area (Å²) >= 11 is 0. The second-order valence-corrected chi connectivity index (χ2v) is 14.7. The van der Waals surface area contributed by atoms with Crippen LogP contribution in [0.3, 0.4) is 0 Å². The van der Waals surface area contributed by atoms with Crippen LogP contribution in [0.25, 0.3) is 0 Å². The molecule has 0 aromatic heterocycles. The highest BCUT2D eigenvalue weighted by Gasteiger charge is 2.36. The summed E-state index contributed by atoms with van der Waals surface area (Å²) < 4.78 is 63.7. The van der Waals surface area contributed by atoms with Gasteiger partial charge in [0.25, 0.3) is 0 Å². The van der Waals surface area contributed by atoms with E-state index in [0.717, 1.165) is 0 Å². The van der Waals surface area contributed by atoms with Gasteiger partial charge in [0.1, 0.15) is 0 Å². The highest BCUT2D eigenvalue weighted by molar-refractivity contribution is 7.86. The zero-order valence-electron chi connectivity index (χ0n) is 10.6. The maximum atomic E-state index is 10.7. The lowest BCUT2D eigenvalue weighted by molar-refractivity contribution is -0.0517. The average molecular weight is 315 g/mol. The molecular weight excluding hydrogens is 297 g/mol. The smallest absolute Gasteiger partial charge is 0.485 e. The van der Waals surface area contributed by atoms with E-state index >= 15 is 0 Å². The molecule has 17 heavy (non-hydrogen) atoms. The van der Waals surface area contributed by atoms with E-state index in [1.807, 2.05) is 0 Å². The van der Waals surface area contributed by atoms with Gasteiger partial charge in [0.15, 0.2) is 10.1 Å². The zero-order valence-corrected chi connectivity index (χ0v) is 13.2. The SMILES string of the molecule is CP(C)(C)=[N+]=P(C)(C)C.O=S(=O)([O-])C(F)(F)F.